The van der Waals surface area contributed by atoms with Crippen molar-refractivity contribution in [2.24, 2.45) is 7.05 Å². The van der Waals surface area contributed by atoms with E-state index in [2.05, 4.69) is 9.84 Å². The lowest BCUT2D eigenvalue weighted by Crippen LogP contribution is -1.90. The third-order valence-corrected chi connectivity index (χ3v) is 1.17. The summed E-state index contributed by atoms with van der Waals surface area (Å²) >= 11 is 0. The molecule has 0 saturated heterocycles. The number of rotatable bonds is 2. The van der Waals surface area contributed by atoms with Gasteiger partial charge in [-0.2, -0.15) is 0 Å². The maximum atomic E-state index is 10.3. The van der Waals surface area contributed by atoms with Gasteiger partial charge in [-0.25, -0.2) is 0 Å². The fourth-order valence-electron chi connectivity index (χ4n) is 0.726. The lowest BCUT2D eigenvalue weighted by atomic mass is 10.6. The van der Waals surface area contributed by atoms with Crippen LogP contribution in [0.5, 0.6) is 5.88 Å². The first-order valence-corrected chi connectivity index (χ1v) is 2.87. The fraction of sp³-hybridized carbons (Fsp3) is 0.400. The van der Waals surface area contributed by atoms with E-state index in [1.54, 1.807) is 7.05 Å². The van der Waals surface area contributed by atoms with Crippen LogP contribution in [-0.2, 0) is 7.05 Å². The van der Waals surface area contributed by atoms with Gasteiger partial charge in [-0.3, -0.25) is 14.8 Å². The van der Waals surface area contributed by atoms with E-state index in [1.165, 1.54) is 18.0 Å². The summed E-state index contributed by atoms with van der Waals surface area (Å²) in [5, 5.41) is 14.0. The zero-order chi connectivity index (χ0) is 8.43. The molecule has 11 heavy (non-hydrogen) atoms. The topological polar surface area (TPSA) is 70.2 Å². The van der Waals surface area contributed by atoms with Gasteiger partial charge in [-0.1, -0.05) is 0 Å². The van der Waals surface area contributed by atoms with Gasteiger partial charge in [-0.15, -0.1) is 5.10 Å². The van der Waals surface area contributed by atoms with E-state index in [9.17, 15) is 10.1 Å². The van der Waals surface area contributed by atoms with Gasteiger partial charge in [0.1, 0.15) is 6.20 Å². The van der Waals surface area contributed by atoms with Crippen LogP contribution in [0.15, 0.2) is 6.20 Å². The van der Waals surface area contributed by atoms with Crippen LogP contribution in [0.1, 0.15) is 0 Å². The maximum absolute atomic E-state index is 10.3. The summed E-state index contributed by atoms with van der Waals surface area (Å²) in [6.45, 7) is 0. The Morgan fingerprint density at radius 3 is 2.82 bits per heavy atom. The molecule has 0 aliphatic heterocycles. The molecule has 0 atom stereocenters. The first-order valence-electron chi connectivity index (χ1n) is 2.87. The molecule has 60 valence electrons. The molecule has 1 rings (SSSR count). The summed E-state index contributed by atoms with van der Waals surface area (Å²) in [5.74, 6) is 0.0394. The monoisotopic (exact) mass is 157 g/mol. The second-order valence-corrected chi connectivity index (χ2v) is 1.95. The summed E-state index contributed by atoms with van der Waals surface area (Å²) in [7, 11) is 2.94. The molecule has 0 aliphatic carbocycles. The number of hydrogen-bond donors (Lipinski definition) is 0. The summed E-state index contributed by atoms with van der Waals surface area (Å²) < 4.78 is 5.98. The highest BCUT2D eigenvalue weighted by Crippen LogP contribution is 2.22. The quantitative estimate of drug-likeness (QED) is 0.458. The minimum atomic E-state index is -0.536. The number of aryl methyl sites for hydroxylation is 1. The van der Waals surface area contributed by atoms with Crippen LogP contribution in [0.3, 0.4) is 0 Å². The number of nitro groups is 1. The molecular weight excluding hydrogens is 150 g/mol. The van der Waals surface area contributed by atoms with Crippen LogP contribution in [0.4, 0.5) is 5.69 Å². The first-order chi connectivity index (χ1) is 5.15. The first kappa shape index (κ1) is 7.52. The van der Waals surface area contributed by atoms with Gasteiger partial charge in [0.2, 0.25) is 0 Å². The summed E-state index contributed by atoms with van der Waals surface area (Å²) in [4.78, 5) is 9.73. The van der Waals surface area contributed by atoms with Crippen molar-refractivity contribution in [2.75, 3.05) is 7.11 Å². The zero-order valence-corrected chi connectivity index (χ0v) is 6.14. The SMILES string of the molecule is COc1nn(C)cc1[N+](=O)[O-]. The number of hydrogen-bond acceptors (Lipinski definition) is 4. The summed E-state index contributed by atoms with van der Waals surface area (Å²) in [6.07, 6.45) is 1.29. The van der Waals surface area contributed by atoms with Gasteiger partial charge in [0, 0.05) is 7.05 Å². The summed E-state index contributed by atoms with van der Waals surface area (Å²) in [6, 6.07) is 0. The zero-order valence-electron chi connectivity index (χ0n) is 6.14. The van der Waals surface area contributed by atoms with Crippen molar-refractivity contribution >= 4 is 5.69 Å². The van der Waals surface area contributed by atoms with E-state index in [-0.39, 0.29) is 11.6 Å². The smallest absolute Gasteiger partial charge is 0.350 e. The Balaban J connectivity index is 3.12. The van der Waals surface area contributed by atoms with E-state index >= 15 is 0 Å². The molecular formula is C5H7N3O3. The normalized spacial score (nSPS) is 9.64. The molecule has 0 saturated carbocycles. The number of ether oxygens (including phenoxy) is 1. The van der Waals surface area contributed by atoms with Crippen molar-refractivity contribution in [3.8, 4) is 5.88 Å². The van der Waals surface area contributed by atoms with E-state index in [1.807, 2.05) is 0 Å². The molecule has 0 spiro atoms. The minimum Gasteiger partial charge on any atom is -0.475 e. The van der Waals surface area contributed by atoms with Crippen molar-refractivity contribution in [3.63, 3.8) is 0 Å². The Kier molecular flexibility index (Phi) is 1.75. The van der Waals surface area contributed by atoms with Crippen molar-refractivity contribution in [1.82, 2.24) is 9.78 Å². The molecule has 1 aromatic rings. The molecule has 0 bridgehead atoms. The molecule has 6 nitrogen and oxygen atoms in total. The molecule has 0 aromatic carbocycles. The van der Waals surface area contributed by atoms with Crippen LogP contribution < -0.4 is 4.74 Å². The molecule has 6 heteroatoms. The van der Waals surface area contributed by atoms with Crippen molar-refractivity contribution in [1.29, 1.82) is 0 Å². The Morgan fingerprint density at radius 1 is 1.82 bits per heavy atom. The molecule has 0 N–H and O–H groups in total. The molecule has 0 fully saturated rings. The highest BCUT2D eigenvalue weighted by Gasteiger charge is 2.18. The van der Waals surface area contributed by atoms with Gasteiger partial charge >= 0.3 is 11.6 Å². The highest BCUT2D eigenvalue weighted by atomic mass is 16.6. The van der Waals surface area contributed by atoms with E-state index in [0.29, 0.717) is 0 Å². The van der Waals surface area contributed by atoms with Crippen molar-refractivity contribution in [3.05, 3.63) is 16.3 Å². The number of methoxy groups -OCH3 is 1. The van der Waals surface area contributed by atoms with Crippen molar-refractivity contribution < 1.29 is 9.66 Å². The Labute approximate surface area is 62.5 Å². The molecule has 0 amide bonds. The molecule has 1 aromatic heterocycles. The highest BCUT2D eigenvalue weighted by molar-refractivity contribution is 5.37. The molecule has 0 radical (unpaired) electrons. The summed E-state index contributed by atoms with van der Waals surface area (Å²) in [5.41, 5.74) is -0.116. The average Bonchev–Trinajstić information content (AvgIpc) is 2.30. The van der Waals surface area contributed by atoms with Crippen LogP contribution in [0.2, 0.25) is 0 Å². The van der Waals surface area contributed by atoms with Gasteiger partial charge in [-0.05, 0) is 0 Å². The van der Waals surface area contributed by atoms with Crippen LogP contribution in [0.25, 0.3) is 0 Å². The van der Waals surface area contributed by atoms with Gasteiger partial charge in [0.05, 0.1) is 12.0 Å². The number of aromatic nitrogens is 2. The molecule has 0 unspecified atom stereocenters. The number of nitrogens with zero attached hydrogens (tertiary/aromatic N) is 3. The van der Waals surface area contributed by atoms with E-state index < -0.39 is 4.92 Å². The van der Waals surface area contributed by atoms with Crippen LogP contribution in [0, 0.1) is 10.1 Å². The third-order valence-electron chi connectivity index (χ3n) is 1.17. The molecule has 0 aliphatic rings. The Morgan fingerprint density at radius 2 is 2.45 bits per heavy atom. The average molecular weight is 157 g/mol. The second kappa shape index (κ2) is 2.57. The van der Waals surface area contributed by atoms with Crippen LogP contribution in [-0.4, -0.2) is 21.8 Å². The minimum absolute atomic E-state index is 0.0394. The van der Waals surface area contributed by atoms with Gasteiger partial charge < -0.3 is 4.74 Å². The van der Waals surface area contributed by atoms with Crippen molar-refractivity contribution in [2.45, 2.75) is 0 Å². The van der Waals surface area contributed by atoms with Gasteiger partial charge in [0.25, 0.3) is 0 Å². The lowest BCUT2D eigenvalue weighted by Gasteiger charge is -1.89. The van der Waals surface area contributed by atoms with Gasteiger partial charge in [0.15, 0.2) is 0 Å². The Bertz CT molecular complexity index is 281. The third kappa shape index (κ3) is 1.28. The van der Waals surface area contributed by atoms with Crippen LogP contribution >= 0.6 is 0 Å². The lowest BCUT2D eigenvalue weighted by molar-refractivity contribution is -0.385. The second-order valence-electron chi connectivity index (χ2n) is 1.95. The predicted molar refractivity (Wildman–Crippen MR) is 36.4 cm³/mol. The predicted octanol–water partition coefficient (Wildman–Crippen LogP) is 0.337. The molecule has 1 heterocycles. The maximum Gasteiger partial charge on any atom is 0.350 e. The largest absolute Gasteiger partial charge is 0.475 e. The van der Waals surface area contributed by atoms with E-state index in [4.69, 9.17) is 0 Å². The van der Waals surface area contributed by atoms with E-state index in [0.717, 1.165) is 0 Å². The fourth-order valence-corrected chi connectivity index (χ4v) is 0.726. The standard InChI is InChI=1S/C5H7N3O3/c1-7-3-4(8(9)10)5(6-7)11-2/h3H,1-2H3. The Hall–Kier alpha value is -1.59.